The van der Waals surface area contributed by atoms with Crippen molar-refractivity contribution in [2.24, 2.45) is 5.73 Å². The normalized spacial score (nSPS) is 12.7. The van der Waals surface area contributed by atoms with E-state index >= 15 is 0 Å². The van der Waals surface area contributed by atoms with E-state index in [0.29, 0.717) is 11.3 Å². The number of phenols is 2. The molecule has 126 valence electrons. The molecule has 0 saturated carbocycles. The molecule has 0 bridgehead atoms. The molecular formula is C17H17NO5S. The van der Waals surface area contributed by atoms with E-state index in [2.05, 4.69) is 0 Å². The molecule has 0 fully saturated rings. The number of hydrogen-bond acceptors (Lipinski definition) is 5. The number of primary amides is 1. The van der Waals surface area contributed by atoms with E-state index in [0.717, 1.165) is 5.56 Å². The summed E-state index contributed by atoms with van der Waals surface area (Å²) in [4.78, 5) is 11.5. The van der Waals surface area contributed by atoms with Crippen LogP contribution in [0.1, 0.15) is 11.1 Å². The number of benzene rings is 2. The second-order valence-electron chi connectivity index (χ2n) is 4.96. The molecule has 2 rings (SSSR count). The lowest BCUT2D eigenvalue weighted by molar-refractivity contribution is -0.113. The molecule has 0 spiro atoms. The van der Waals surface area contributed by atoms with Gasteiger partial charge >= 0.3 is 0 Å². The molecule has 0 heterocycles. The molecular weight excluding hydrogens is 330 g/mol. The molecule has 6 nitrogen and oxygen atoms in total. The van der Waals surface area contributed by atoms with Gasteiger partial charge in [-0.15, -0.1) is 0 Å². The van der Waals surface area contributed by atoms with Gasteiger partial charge in [-0.25, -0.2) is 0 Å². The minimum atomic E-state index is -1.66. The van der Waals surface area contributed by atoms with Crippen LogP contribution in [0.2, 0.25) is 0 Å². The topological polar surface area (TPSA) is 116 Å². The Bertz CT molecular complexity index is 758. The molecule has 1 unspecified atom stereocenters. The van der Waals surface area contributed by atoms with Crippen molar-refractivity contribution < 1.29 is 24.3 Å². The van der Waals surface area contributed by atoms with Crippen LogP contribution in [0.5, 0.6) is 17.2 Å². The molecule has 0 aliphatic heterocycles. The van der Waals surface area contributed by atoms with E-state index in [1.54, 1.807) is 31.4 Å². The molecule has 2 aromatic rings. The smallest absolute Gasteiger partial charge is 0.296 e. The number of rotatable bonds is 6. The van der Waals surface area contributed by atoms with Crippen molar-refractivity contribution in [2.45, 2.75) is 5.75 Å². The third kappa shape index (κ3) is 4.43. The van der Waals surface area contributed by atoms with E-state index in [4.69, 9.17) is 10.5 Å². The van der Waals surface area contributed by atoms with Crippen molar-refractivity contribution in [3.63, 3.8) is 0 Å². The summed E-state index contributed by atoms with van der Waals surface area (Å²) in [5.41, 5.74) is 6.48. The van der Waals surface area contributed by atoms with Crippen LogP contribution in [-0.4, -0.2) is 27.8 Å². The predicted molar refractivity (Wildman–Crippen MR) is 91.8 cm³/mol. The molecule has 1 atom stereocenters. The minimum Gasteiger partial charge on any atom is -0.611 e. The second-order valence-corrected chi connectivity index (χ2v) is 6.38. The van der Waals surface area contributed by atoms with Gasteiger partial charge in [0.1, 0.15) is 11.5 Å². The number of phenolic OH excluding ortho intramolecular Hbond substituents is 2. The van der Waals surface area contributed by atoms with Crippen LogP contribution in [0, 0.1) is 0 Å². The average molecular weight is 347 g/mol. The summed E-state index contributed by atoms with van der Waals surface area (Å²) >= 11 is -1.66. The fourth-order valence-electron chi connectivity index (χ4n) is 1.98. The highest BCUT2D eigenvalue weighted by atomic mass is 32.2. The number of hydrogen-bond donors (Lipinski definition) is 3. The molecule has 0 aromatic heterocycles. The zero-order chi connectivity index (χ0) is 17.7. The first kappa shape index (κ1) is 17.7. The molecule has 4 N–H and O–H groups in total. The van der Waals surface area contributed by atoms with E-state index in [1.165, 1.54) is 24.3 Å². The number of methoxy groups -OCH3 is 1. The van der Waals surface area contributed by atoms with Gasteiger partial charge in [0.25, 0.3) is 5.91 Å². The van der Waals surface area contributed by atoms with Crippen molar-refractivity contribution in [2.75, 3.05) is 7.11 Å². The van der Waals surface area contributed by atoms with Crippen molar-refractivity contribution in [3.8, 4) is 17.2 Å². The number of ether oxygens (including phenoxy) is 1. The summed E-state index contributed by atoms with van der Waals surface area (Å²) in [5.74, 6) is -0.646. The Morgan fingerprint density at radius 2 is 1.88 bits per heavy atom. The number of carbonyl (C=O) groups excluding carboxylic acids is 1. The first-order valence-corrected chi connectivity index (χ1v) is 8.27. The van der Waals surface area contributed by atoms with Crippen LogP contribution >= 0.6 is 0 Å². The van der Waals surface area contributed by atoms with Gasteiger partial charge in [0.2, 0.25) is 4.91 Å². The number of nitrogens with two attached hydrogens (primary N) is 1. The molecule has 7 heteroatoms. The lowest BCUT2D eigenvalue weighted by atomic mass is 10.2. The van der Waals surface area contributed by atoms with E-state index in [9.17, 15) is 19.6 Å². The quantitative estimate of drug-likeness (QED) is 0.419. The van der Waals surface area contributed by atoms with Crippen LogP contribution in [0.25, 0.3) is 6.08 Å². The molecule has 0 radical (unpaired) electrons. The Morgan fingerprint density at radius 1 is 1.21 bits per heavy atom. The minimum absolute atomic E-state index is 0.0732. The van der Waals surface area contributed by atoms with E-state index < -0.39 is 17.1 Å². The molecule has 24 heavy (non-hydrogen) atoms. The van der Waals surface area contributed by atoms with Gasteiger partial charge in [-0.1, -0.05) is 18.2 Å². The highest BCUT2D eigenvalue weighted by Gasteiger charge is 2.21. The Labute approximate surface area is 142 Å². The number of aromatic hydroxyl groups is 2. The summed E-state index contributed by atoms with van der Waals surface area (Å²) in [6.07, 6.45) is 1.33. The fraction of sp³-hybridized carbons (Fsp3) is 0.118. The van der Waals surface area contributed by atoms with Crippen molar-refractivity contribution in [3.05, 3.63) is 58.5 Å². The van der Waals surface area contributed by atoms with Crippen LogP contribution in [0.15, 0.2) is 47.4 Å². The maximum atomic E-state index is 12.5. The van der Waals surface area contributed by atoms with Crippen LogP contribution in [0.3, 0.4) is 0 Å². The maximum Gasteiger partial charge on any atom is 0.296 e. The average Bonchev–Trinajstić information content (AvgIpc) is 2.56. The molecule has 0 aliphatic rings. The maximum absolute atomic E-state index is 12.5. The van der Waals surface area contributed by atoms with Crippen molar-refractivity contribution in [1.29, 1.82) is 0 Å². The molecule has 2 aromatic carbocycles. The van der Waals surface area contributed by atoms with Gasteiger partial charge < -0.3 is 25.2 Å². The number of carbonyl (C=O) groups is 1. The zero-order valence-corrected chi connectivity index (χ0v) is 13.7. The summed E-state index contributed by atoms with van der Waals surface area (Å²) in [7, 11) is 1.55. The Morgan fingerprint density at radius 3 is 2.42 bits per heavy atom. The number of amides is 1. The Kier molecular flexibility index (Phi) is 5.73. The van der Waals surface area contributed by atoms with E-state index in [1.807, 2.05) is 0 Å². The molecule has 1 amide bonds. The van der Waals surface area contributed by atoms with E-state index in [-0.39, 0.29) is 22.2 Å². The Hall–Kier alpha value is -2.64. The van der Waals surface area contributed by atoms with Crippen LogP contribution in [-0.2, 0) is 21.7 Å². The van der Waals surface area contributed by atoms with Gasteiger partial charge in [0.15, 0.2) is 11.5 Å². The fourth-order valence-corrected chi connectivity index (χ4v) is 3.12. The highest BCUT2D eigenvalue weighted by molar-refractivity contribution is 7.95. The molecule has 0 aliphatic carbocycles. The summed E-state index contributed by atoms with van der Waals surface area (Å²) in [6, 6.07) is 11.0. The first-order valence-electron chi connectivity index (χ1n) is 6.95. The van der Waals surface area contributed by atoms with Crippen molar-refractivity contribution >= 4 is 23.2 Å². The van der Waals surface area contributed by atoms with Gasteiger partial charge in [-0.3, -0.25) is 4.79 Å². The summed E-state index contributed by atoms with van der Waals surface area (Å²) in [6.45, 7) is 0. The third-order valence-corrected chi connectivity index (χ3v) is 4.65. The third-order valence-electron chi connectivity index (χ3n) is 3.24. The SMILES string of the molecule is COc1ccc(C[S+]([O-])/C(=C\c2ccc(O)c(O)c2)C(N)=O)cc1. The lowest BCUT2D eigenvalue weighted by Gasteiger charge is -2.12. The lowest BCUT2D eigenvalue weighted by Crippen LogP contribution is -2.22. The predicted octanol–water partition coefficient (Wildman–Crippen LogP) is 1.88. The summed E-state index contributed by atoms with van der Waals surface area (Å²) < 4.78 is 17.5. The van der Waals surface area contributed by atoms with Gasteiger partial charge in [0.05, 0.1) is 7.11 Å². The van der Waals surface area contributed by atoms with Crippen LogP contribution in [0.4, 0.5) is 0 Å². The second kappa shape index (κ2) is 7.76. The largest absolute Gasteiger partial charge is 0.611 e. The standard InChI is InChI=1S/C17H17NO5S/c1-23-13-5-2-11(3-6-13)10-24(22)16(17(18)21)9-12-4-7-14(19)15(20)8-12/h2-9,19-20H,10H2,1H3,(H2,18,21)/b16-9-. The first-order chi connectivity index (χ1) is 11.4. The zero-order valence-electron chi connectivity index (χ0n) is 12.9. The highest BCUT2D eigenvalue weighted by Crippen LogP contribution is 2.27. The van der Waals surface area contributed by atoms with Gasteiger partial charge in [0, 0.05) is 11.6 Å². The van der Waals surface area contributed by atoms with Gasteiger partial charge in [-0.05, 0) is 41.0 Å². The van der Waals surface area contributed by atoms with Crippen LogP contribution < -0.4 is 10.5 Å². The Balaban J connectivity index is 2.23. The molecule has 0 saturated heterocycles. The monoisotopic (exact) mass is 347 g/mol. The summed E-state index contributed by atoms with van der Waals surface area (Å²) in [5, 5.41) is 18.8. The van der Waals surface area contributed by atoms with Crippen molar-refractivity contribution in [1.82, 2.24) is 0 Å². The van der Waals surface area contributed by atoms with Gasteiger partial charge in [-0.2, -0.15) is 0 Å².